The fourth-order valence-electron chi connectivity index (χ4n) is 2.41. The van der Waals surface area contributed by atoms with Crippen molar-refractivity contribution in [1.82, 2.24) is 0 Å². The number of carbonyl (C=O) groups is 3. The lowest BCUT2D eigenvalue weighted by molar-refractivity contribution is -0.162. The van der Waals surface area contributed by atoms with Crippen LogP contribution in [0, 0.1) is 5.92 Å². The van der Waals surface area contributed by atoms with Crippen molar-refractivity contribution in [2.75, 3.05) is 20.8 Å². The molecule has 0 aliphatic carbocycles. The number of hydrogen-bond acceptors (Lipinski definition) is 6. The van der Waals surface area contributed by atoms with Crippen LogP contribution in [0.2, 0.25) is 0 Å². The maximum atomic E-state index is 12.3. The zero-order valence-corrected chi connectivity index (χ0v) is 13.8. The summed E-state index contributed by atoms with van der Waals surface area (Å²) in [5.74, 6) is -3.20. The summed E-state index contributed by atoms with van der Waals surface area (Å²) in [6.07, 6.45) is -0.102. The predicted octanol–water partition coefficient (Wildman–Crippen LogP) is 1.86. The number of rotatable bonds is 7. The van der Waals surface area contributed by atoms with Crippen LogP contribution in [0.1, 0.15) is 25.8 Å². The second-order valence-electron chi connectivity index (χ2n) is 5.22. The third kappa shape index (κ3) is 4.31. The highest BCUT2D eigenvalue weighted by atomic mass is 16.5. The number of benzene rings is 1. The summed E-state index contributed by atoms with van der Waals surface area (Å²) in [6.45, 7) is 3.40. The molecular formula is C17H22O6. The Morgan fingerprint density at radius 1 is 1.04 bits per heavy atom. The quantitative estimate of drug-likeness (QED) is 0.433. The molecule has 2 unspecified atom stereocenters. The molecule has 0 fully saturated rings. The molecule has 0 aliphatic heterocycles. The van der Waals surface area contributed by atoms with Gasteiger partial charge in [0.15, 0.2) is 5.92 Å². The summed E-state index contributed by atoms with van der Waals surface area (Å²) in [7, 11) is 2.45. The SMILES string of the molecule is CCOC(=O)C(CC(C)(C(=O)OC)c1ccccc1)C(=O)OC. The van der Waals surface area contributed by atoms with Crippen molar-refractivity contribution in [1.29, 1.82) is 0 Å². The Balaban J connectivity index is 3.23. The average Bonchev–Trinajstić information content (AvgIpc) is 2.58. The minimum Gasteiger partial charge on any atom is -0.468 e. The Kier molecular flexibility index (Phi) is 6.75. The van der Waals surface area contributed by atoms with Gasteiger partial charge in [-0.1, -0.05) is 30.3 Å². The molecule has 126 valence electrons. The van der Waals surface area contributed by atoms with Crippen molar-refractivity contribution < 1.29 is 28.6 Å². The maximum Gasteiger partial charge on any atom is 0.320 e. The zero-order valence-electron chi connectivity index (χ0n) is 13.8. The minimum atomic E-state index is -1.20. The van der Waals surface area contributed by atoms with E-state index in [1.165, 1.54) is 14.2 Å². The monoisotopic (exact) mass is 322 g/mol. The fraction of sp³-hybridized carbons (Fsp3) is 0.471. The zero-order chi connectivity index (χ0) is 17.5. The van der Waals surface area contributed by atoms with Crippen molar-refractivity contribution >= 4 is 17.9 Å². The molecule has 1 rings (SSSR count). The number of hydrogen-bond donors (Lipinski definition) is 0. The number of methoxy groups -OCH3 is 2. The fourth-order valence-corrected chi connectivity index (χ4v) is 2.41. The largest absolute Gasteiger partial charge is 0.468 e. The summed E-state index contributed by atoms with van der Waals surface area (Å²) < 4.78 is 14.5. The summed E-state index contributed by atoms with van der Waals surface area (Å²) in [4.78, 5) is 36.4. The van der Waals surface area contributed by atoms with E-state index in [0.29, 0.717) is 5.56 Å². The Hall–Kier alpha value is -2.37. The van der Waals surface area contributed by atoms with E-state index >= 15 is 0 Å². The molecule has 0 heterocycles. The van der Waals surface area contributed by atoms with Crippen molar-refractivity contribution in [2.24, 2.45) is 5.92 Å². The second-order valence-corrected chi connectivity index (χ2v) is 5.22. The number of ether oxygens (including phenoxy) is 3. The van der Waals surface area contributed by atoms with Crippen LogP contribution < -0.4 is 0 Å². The third-order valence-electron chi connectivity index (χ3n) is 3.72. The van der Waals surface area contributed by atoms with Crippen LogP contribution >= 0.6 is 0 Å². The van der Waals surface area contributed by atoms with Crippen molar-refractivity contribution in [3.8, 4) is 0 Å². The third-order valence-corrected chi connectivity index (χ3v) is 3.72. The molecule has 0 aliphatic rings. The lowest BCUT2D eigenvalue weighted by atomic mass is 9.75. The van der Waals surface area contributed by atoms with Crippen molar-refractivity contribution in [3.05, 3.63) is 35.9 Å². The first-order chi connectivity index (χ1) is 10.9. The van der Waals surface area contributed by atoms with Gasteiger partial charge in [0, 0.05) is 0 Å². The highest BCUT2D eigenvalue weighted by Crippen LogP contribution is 2.33. The Morgan fingerprint density at radius 2 is 1.65 bits per heavy atom. The van der Waals surface area contributed by atoms with E-state index in [0.717, 1.165) is 0 Å². The first-order valence-corrected chi connectivity index (χ1v) is 7.29. The number of esters is 3. The lowest BCUT2D eigenvalue weighted by Gasteiger charge is -2.29. The van der Waals surface area contributed by atoms with Gasteiger partial charge < -0.3 is 14.2 Å². The highest BCUT2D eigenvalue weighted by Gasteiger charge is 2.44. The van der Waals surface area contributed by atoms with E-state index in [4.69, 9.17) is 9.47 Å². The van der Waals surface area contributed by atoms with Gasteiger partial charge in [-0.2, -0.15) is 0 Å². The Bertz CT molecular complexity index is 553. The van der Waals surface area contributed by atoms with Crippen LogP contribution in [0.15, 0.2) is 30.3 Å². The molecule has 0 radical (unpaired) electrons. The molecule has 0 N–H and O–H groups in total. The van der Waals surface area contributed by atoms with Gasteiger partial charge in [0.2, 0.25) is 0 Å². The van der Waals surface area contributed by atoms with Gasteiger partial charge in [-0.05, 0) is 25.8 Å². The highest BCUT2D eigenvalue weighted by molar-refractivity contribution is 5.96. The molecule has 2 atom stereocenters. The molecular weight excluding hydrogens is 300 g/mol. The topological polar surface area (TPSA) is 78.9 Å². The van der Waals surface area contributed by atoms with Crippen LogP contribution in [-0.2, 0) is 34.0 Å². The summed E-state index contributed by atoms with van der Waals surface area (Å²) in [5.41, 5.74) is -0.535. The molecule has 6 heteroatoms. The van der Waals surface area contributed by atoms with E-state index in [1.54, 1.807) is 38.1 Å². The normalized spacial score (nSPS) is 14.3. The van der Waals surface area contributed by atoms with Crippen LogP contribution in [0.4, 0.5) is 0 Å². The van der Waals surface area contributed by atoms with Crippen molar-refractivity contribution in [3.63, 3.8) is 0 Å². The maximum absolute atomic E-state index is 12.3. The first-order valence-electron chi connectivity index (χ1n) is 7.29. The summed E-state index contributed by atoms with van der Waals surface area (Å²) >= 11 is 0. The lowest BCUT2D eigenvalue weighted by Crippen LogP contribution is -2.40. The van der Waals surface area contributed by atoms with E-state index in [9.17, 15) is 14.4 Å². The van der Waals surface area contributed by atoms with E-state index < -0.39 is 29.2 Å². The van der Waals surface area contributed by atoms with Gasteiger partial charge in [-0.3, -0.25) is 14.4 Å². The summed E-state index contributed by atoms with van der Waals surface area (Å²) in [6, 6.07) is 8.85. The van der Waals surface area contributed by atoms with Crippen LogP contribution in [-0.4, -0.2) is 38.7 Å². The molecule has 1 aromatic rings. The molecule has 23 heavy (non-hydrogen) atoms. The molecule has 0 spiro atoms. The molecule has 0 saturated heterocycles. The van der Waals surface area contributed by atoms with Crippen LogP contribution in [0.5, 0.6) is 0 Å². The molecule has 6 nitrogen and oxygen atoms in total. The molecule has 0 saturated carbocycles. The van der Waals surface area contributed by atoms with E-state index in [2.05, 4.69) is 4.74 Å². The van der Waals surface area contributed by atoms with E-state index in [-0.39, 0.29) is 13.0 Å². The molecule has 1 aromatic carbocycles. The predicted molar refractivity (Wildman–Crippen MR) is 82.6 cm³/mol. The van der Waals surface area contributed by atoms with E-state index in [1.807, 2.05) is 6.07 Å². The standard InChI is InChI=1S/C17H22O6/c1-5-23-15(19)13(14(18)21-3)11-17(2,16(20)22-4)12-9-7-6-8-10-12/h6-10,13H,5,11H2,1-4H3. The minimum absolute atomic E-state index is 0.102. The number of carbonyl (C=O) groups excluding carboxylic acids is 3. The van der Waals surface area contributed by atoms with Crippen LogP contribution in [0.25, 0.3) is 0 Å². The molecule has 0 aromatic heterocycles. The van der Waals surface area contributed by atoms with Gasteiger partial charge in [0.25, 0.3) is 0 Å². The van der Waals surface area contributed by atoms with Crippen LogP contribution in [0.3, 0.4) is 0 Å². The Labute approximate surface area is 135 Å². The van der Waals surface area contributed by atoms with Gasteiger partial charge >= 0.3 is 17.9 Å². The van der Waals surface area contributed by atoms with Gasteiger partial charge in [0.1, 0.15) is 0 Å². The average molecular weight is 322 g/mol. The van der Waals surface area contributed by atoms with Crippen molar-refractivity contribution in [2.45, 2.75) is 25.7 Å². The van der Waals surface area contributed by atoms with Gasteiger partial charge in [-0.15, -0.1) is 0 Å². The second kappa shape index (κ2) is 8.31. The molecule has 0 amide bonds. The van der Waals surface area contributed by atoms with Gasteiger partial charge in [-0.25, -0.2) is 0 Å². The summed E-state index contributed by atoms with van der Waals surface area (Å²) in [5, 5.41) is 0. The first kappa shape index (κ1) is 18.7. The molecule has 0 bridgehead atoms. The smallest absolute Gasteiger partial charge is 0.320 e. The Morgan fingerprint density at radius 3 is 2.13 bits per heavy atom. The van der Waals surface area contributed by atoms with Gasteiger partial charge in [0.05, 0.1) is 26.2 Å².